The Labute approximate surface area is 182 Å². The van der Waals surface area contributed by atoms with Crippen molar-refractivity contribution in [1.82, 2.24) is 4.90 Å². The van der Waals surface area contributed by atoms with Crippen molar-refractivity contribution < 1.29 is 29.3 Å². The Balaban J connectivity index is 1.54. The molecule has 0 spiro atoms. The van der Waals surface area contributed by atoms with Crippen LogP contribution in [0.4, 0.5) is 0 Å². The van der Waals surface area contributed by atoms with E-state index in [1.165, 1.54) is 0 Å². The predicted molar refractivity (Wildman–Crippen MR) is 109 cm³/mol. The van der Waals surface area contributed by atoms with E-state index in [1.54, 1.807) is 12.1 Å². The molecule has 1 fully saturated rings. The minimum absolute atomic E-state index is 0.0292. The average Bonchev–Trinajstić information content (AvgIpc) is 2.91. The van der Waals surface area contributed by atoms with Gasteiger partial charge in [-0.25, -0.2) is 0 Å². The number of ether oxygens (including phenoxy) is 2. The summed E-state index contributed by atoms with van der Waals surface area (Å²) in [5, 5.41) is 20.4. The van der Waals surface area contributed by atoms with E-state index in [2.05, 4.69) is 4.90 Å². The van der Waals surface area contributed by atoms with Crippen LogP contribution < -0.4 is 9.47 Å². The number of benzene rings is 1. The van der Waals surface area contributed by atoms with Crippen molar-refractivity contribution in [2.45, 2.75) is 37.0 Å². The van der Waals surface area contributed by atoms with E-state index in [4.69, 9.17) is 26.2 Å². The number of halogens is 1. The van der Waals surface area contributed by atoms with Gasteiger partial charge in [0.15, 0.2) is 0 Å². The Morgan fingerprint density at radius 3 is 2.83 bits per heavy atom. The van der Waals surface area contributed by atoms with Crippen molar-refractivity contribution in [1.29, 1.82) is 0 Å². The summed E-state index contributed by atoms with van der Waals surface area (Å²) < 4.78 is 11.4. The first-order valence-electron chi connectivity index (χ1n) is 9.87. The number of aliphatic hydroxyl groups excluding tert-OH is 1. The van der Waals surface area contributed by atoms with Gasteiger partial charge in [0.25, 0.3) is 0 Å². The molecule has 0 saturated carbocycles. The summed E-state index contributed by atoms with van der Waals surface area (Å²) >= 11 is 5.50. The second-order valence-corrected chi connectivity index (χ2v) is 10.1. The molecule has 0 amide bonds. The number of hydrogen-bond acceptors (Lipinski definition) is 6. The molecular weight excluding hydrogens is 461 g/mol. The van der Waals surface area contributed by atoms with Crippen LogP contribution in [0.5, 0.6) is 11.5 Å². The maximum atomic E-state index is 12.9. The number of nitrogens with zero attached hydrogens (tertiary/aromatic N) is 1. The van der Waals surface area contributed by atoms with Gasteiger partial charge in [-0.05, 0) is 0 Å². The SMILES string of the molecule is O=C(O)CCCN1CC[C@@H](C[As]C(=O)c2cc(Cl)cc3c2OCCCO3)[C@H](O)C1. The molecule has 1 aromatic rings. The fraction of sp³-hybridized carbons (Fsp3) is 0.600. The second kappa shape index (κ2) is 10.7. The van der Waals surface area contributed by atoms with E-state index in [0.717, 1.165) is 19.4 Å². The zero-order valence-corrected chi connectivity index (χ0v) is 18.8. The standard InChI is InChI=1S/C20H26AsClNO6/c22-14-9-15(19-17(10-14)28-7-2-8-29-19)20(27)21-11-13-4-6-23(12-16(13)24)5-1-3-18(25)26/h9-10,13,16,24H,1-8,11-12H2,(H,25,26)/t13-,16+/m0/s1. The maximum absolute atomic E-state index is 12.9. The van der Waals surface area contributed by atoms with Crippen molar-refractivity contribution in [3.8, 4) is 11.5 Å². The molecule has 2 N–H and O–H groups in total. The molecule has 0 aliphatic carbocycles. The normalized spacial score (nSPS) is 22.6. The van der Waals surface area contributed by atoms with E-state index in [9.17, 15) is 14.7 Å². The summed E-state index contributed by atoms with van der Waals surface area (Å²) in [4.78, 5) is 25.6. The molecule has 0 bridgehead atoms. The Morgan fingerprint density at radius 1 is 1.28 bits per heavy atom. The molecule has 1 radical (unpaired) electrons. The fourth-order valence-electron chi connectivity index (χ4n) is 3.60. The number of rotatable bonds is 8. The number of hydrogen-bond donors (Lipinski definition) is 2. The van der Waals surface area contributed by atoms with Gasteiger partial charge in [-0.15, -0.1) is 0 Å². The Hall–Kier alpha value is -1.27. The van der Waals surface area contributed by atoms with Crippen LogP contribution in [0.25, 0.3) is 0 Å². The van der Waals surface area contributed by atoms with Crippen LogP contribution in [0.15, 0.2) is 12.1 Å². The van der Waals surface area contributed by atoms with Crippen LogP contribution >= 0.6 is 11.6 Å². The topological polar surface area (TPSA) is 96.3 Å². The number of piperidine rings is 1. The van der Waals surface area contributed by atoms with Crippen molar-refractivity contribution in [2.24, 2.45) is 5.92 Å². The van der Waals surface area contributed by atoms with Gasteiger partial charge in [-0.3, -0.25) is 0 Å². The van der Waals surface area contributed by atoms with E-state index in [0.29, 0.717) is 60.0 Å². The number of aliphatic hydroxyl groups is 1. The van der Waals surface area contributed by atoms with Crippen LogP contribution in [0.2, 0.25) is 10.2 Å². The molecule has 2 heterocycles. The van der Waals surface area contributed by atoms with Crippen molar-refractivity contribution in [3.63, 3.8) is 0 Å². The van der Waals surface area contributed by atoms with Crippen molar-refractivity contribution in [2.75, 3.05) is 32.8 Å². The number of carbonyl (C=O) groups is 2. The zero-order valence-electron chi connectivity index (χ0n) is 16.2. The van der Waals surface area contributed by atoms with Gasteiger partial charge in [-0.1, -0.05) is 0 Å². The molecule has 29 heavy (non-hydrogen) atoms. The molecule has 7 nitrogen and oxygen atoms in total. The first-order valence-corrected chi connectivity index (χ1v) is 12.5. The van der Waals surface area contributed by atoms with Crippen molar-refractivity contribution >= 4 is 37.9 Å². The molecular formula is C20H26AsClNO6. The third kappa shape index (κ3) is 6.35. The molecule has 9 heteroatoms. The summed E-state index contributed by atoms with van der Waals surface area (Å²) in [6.07, 6.45) is 1.80. The van der Waals surface area contributed by atoms with E-state index in [-0.39, 0.29) is 16.9 Å². The van der Waals surface area contributed by atoms with Gasteiger partial charge < -0.3 is 0 Å². The van der Waals surface area contributed by atoms with Crippen LogP contribution in [0, 0.1) is 5.92 Å². The molecule has 0 unspecified atom stereocenters. The third-order valence-corrected chi connectivity index (χ3v) is 7.88. The zero-order chi connectivity index (χ0) is 20.8. The number of likely N-dealkylation sites (tertiary alicyclic amines) is 1. The Kier molecular flexibility index (Phi) is 8.24. The summed E-state index contributed by atoms with van der Waals surface area (Å²) in [6, 6.07) is 3.33. The molecule has 2 aliphatic heterocycles. The molecule has 2 aliphatic rings. The number of β-amino-alcohol motifs (C(OH)–C–C–N with tert-alkyl or cyclic N) is 1. The Morgan fingerprint density at radius 2 is 2.07 bits per heavy atom. The van der Waals surface area contributed by atoms with E-state index >= 15 is 0 Å². The second-order valence-electron chi connectivity index (χ2n) is 7.39. The van der Waals surface area contributed by atoms with Crippen LogP contribution in [-0.2, 0) is 4.79 Å². The molecule has 3 rings (SSSR count). The van der Waals surface area contributed by atoms with Gasteiger partial charge in [0.2, 0.25) is 0 Å². The van der Waals surface area contributed by atoms with Crippen molar-refractivity contribution in [3.05, 3.63) is 22.7 Å². The first kappa shape index (κ1) is 22.4. The summed E-state index contributed by atoms with van der Waals surface area (Å²) in [5.41, 5.74) is 0.481. The summed E-state index contributed by atoms with van der Waals surface area (Å²) in [6.45, 7) is 3.06. The number of carboxylic acids is 1. The number of carbonyl (C=O) groups excluding carboxylic acids is 1. The number of carboxylic acid groups (broad SMARTS) is 1. The molecule has 159 valence electrons. The molecule has 1 aromatic carbocycles. The van der Waals surface area contributed by atoms with Crippen LogP contribution in [0.1, 0.15) is 36.0 Å². The molecule has 2 atom stereocenters. The number of fused-ring (bicyclic) bond motifs is 1. The monoisotopic (exact) mass is 486 g/mol. The van der Waals surface area contributed by atoms with Crippen LogP contribution in [0.3, 0.4) is 0 Å². The van der Waals surface area contributed by atoms with E-state index < -0.39 is 27.8 Å². The third-order valence-electron chi connectivity index (χ3n) is 5.18. The van der Waals surface area contributed by atoms with E-state index in [1.807, 2.05) is 0 Å². The molecule has 1 saturated heterocycles. The van der Waals surface area contributed by atoms with Gasteiger partial charge in [0.05, 0.1) is 0 Å². The average molecular weight is 487 g/mol. The number of aliphatic carboxylic acids is 1. The quantitative estimate of drug-likeness (QED) is 0.544. The molecule has 0 aromatic heterocycles. The van der Waals surface area contributed by atoms with Gasteiger partial charge in [-0.2, -0.15) is 0 Å². The van der Waals surface area contributed by atoms with Gasteiger partial charge in [0.1, 0.15) is 0 Å². The predicted octanol–water partition coefficient (Wildman–Crippen LogP) is 2.31. The fourth-order valence-corrected chi connectivity index (χ4v) is 6.25. The van der Waals surface area contributed by atoms with Gasteiger partial charge in [0, 0.05) is 0 Å². The summed E-state index contributed by atoms with van der Waals surface area (Å²) in [5.74, 6) is 0.302. The minimum atomic E-state index is -0.795. The summed E-state index contributed by atoms with van der Waals surface area (Å²) in [7, 11) is 0. The Bertz CT molecular complexity index is 746. The first-order chi connectivity index (χ1) is 13.9. The van der Waals surface area contributed by atoms with Gasteiger partial charge >= 0.3 is 182 Å². The van der Waals surface area contributed by atoms with Crippen LogP contribution in [-0.4, -0.2) is 80.4 Å².